The van der Waals surface area contributed by atoms with E-state index in [1.807, 2.05) is 31.1 Å². The van der Waals surface area contributed by atoms with Crippen LogP contribution in [-0.2, 0) is 0 Å². The van der Waals surface area contributed by atoms with Crippen molar-refractivity contribution < 1.29 is 9.59 Å². The summed E-state index contributed by atoms with van der Waals surface area (Å²) in [4.78, 5) is 32.5. The molecule has 0 aromatic heterocycles. The number of nitrogens with two attached hydrogens (primary N) is 1. The molecule has 1 aliphatic rings. The number of unbranched alkanes of at least 4 members (excludes halogenated alkanes) is 4. The number of hydrogen-bond acceptors (Lipinski definition) is 4. The van der Waals surface area contributed by atoms with E-state index >= 15 is 0 Å². The summed E-state index contributed by atoms with van der Waals surface area (Å²) in [5.41, 5.74) is 10.3. The van der Waals surface area contributed by atoms with Crippen molar-refractivity contribution in [1.82, 2.24) is 10.2 Å². The zero-order valence-corrected chi connectivity index (χ0v) is 25.5. The molecular formula is C35H47N5O2. The van der Waals surface area contributed by atoms with Crippen molar-refractivity contribution >= 4 is 23.3 Å². The van der Waals surface area contributed by atoms with Gasteiger partial charge in [-0.25, -0.2) is 4.79 Å². The molecule has 0 bridgehead atoms. The molecule has 1 saturated heterocycles. The van der Waals surface area contributed by atoms with E-state index in [1.165, 1.54) is 17.5 Å². The van der Waals surface area contributed by atoms with Gasteiger partial charge in [0, 0.05) is 39.8 Å². The smallest absolute Gasteiger partial charge is 0.319 e. The molecule has 7 heteroatoms. The van der Waals surface area contributed by atoms with Gasteiger partial charge in [-0.2, -0.15) is 0 Å². The SMILES string of the molecule is CCCCCCCN(C(N)=O)c1c(C(=O)NC2CCN(C(c3ccccc3)c3ccccc3)CC2)cccc1N(C)C. The lowest BCUT2D eigenvalue weighted by Gasteiger charge is -2.38. The van der Waals surface area contributed by atoms with Gasteiger partial charge in [0.15, 0.2) is 0 Å². The molecule has 1 heterocycles. The van der Waals surface area contributed by atoms with Crippen molar-refractivity contribution in [2.75, 3.05) is 43.5 Å². The number of anilines is 2. The van der Waals surface area contributed by atoms with Crippen molar-refractivity contribution in [3.63, 3.8) is 0 Å². The predicted octanol–water partition coefficient (Wildman–Crippen LogP) is 6.59. The van der Waals surface area contributed by atoms with Gasteiger partial charge in [0.2, 0.25) is 0 Å². The molecule has 0 unspecified atom stereocenters. The summed E-state index contributed by atoms with van der Waals surface area (Å²) in [5, 5.41) is 3.30. The zero-order chi connectivity index (χ0) is 29.9. The average molecular weight is 570 g/mol. The van der Waals surface area contributed by atoms with Crippen LogP contribution >= 0.6 is 0 Å². The van der Waals surface area contributed by atoms with E-state index in [9.17, 15) is 9.59 Å². The largest absolute Gasteiger partial charge is 0.376 e. The van der Waals surface area contributed by atoms with Gasteiger partial charge >= 0.3 is 6.03 Å². The lowest BCUT2D eigenvalue weighted by molar-refractivity contribution is 0.0901. The summed E-state index contributed by atoms with van der Waals surface area (Å²) in [6, 6.07) is 26.6. The molecule has 224 valence electrons. The molecular weight excluding hydrogens is 522 g/mol. The number of carbonyl (C=O) groups is 2. The Balaban J connectivity index is 1.48. The molecule has 1 fully saturated rings. The standard InChI is InChI=1S/C35H47N5O2/c1-4-5-6-7-14-24-40(35(36)42)33-30(20-15-21-31(33)38(2)3)34(41)37-29-22-25-39(26-23-29)32(27-16-10-8-11-17-27)28-18-12-9-13-19-28/h8-13,15-21,29,32H,4-7,14,22-26H2,1-3H3,(H2,36,42)(H,37,41). The quantitative estimate of drug-likeness (QED) is 0.228. The second-order valence-corrected chi connectivity index (χ2v) is 11.5. The summed E-state index contributed by atoms with van der Waals surface area (Å²) in [6.07, 6.45) is 7.02. The van der Waals surface area contributed by atoms with E-state index in [0.717, 1.165) is 57.3 Å². The topological polar surface area (TPSA) is 81.9 Å². The van der Waals surface area contributed by atoms with Crippen LogP contribution < -0.4 is 20.9 Å². The van der Waals surface area contributed by atoms with E-state index in [2.05, 4.69) is 77.8 Å². The molecule has 3 aromatic carbocycles. The van der Waals surface area contributed by atoms with Crippen LogP contribution in [0, 0.1) is 0 Å². The molecule has 3 aromatic rings. The minimum Gasteiger partial charge on any atom is -0.376 e. The van der Waals surface area contributed by atoms with Crippen LogP contribution in [0.3, 0.4) is 0 Å². The van der Waals surface area contributed by atoms with Gasteiger partial charge in [0.05, 0.1) is 23.0 Å². The minimum atomic E-state index is -0.532. The van der Waals surface area contributed by atoms with Crippen molar-refractivity contribution in [3.05, 3.63) is 95.6 Å². The zero-order valence-electron chi connectivity index (χ0n) is 25.5. The Morgan fingerprint density at radius 3 is 2.00 bits per heavy atom. The maximum Gasteiger partial charge on any atom is 0.319 e. The van der Waals surface area contributed by atoms with Crippen LogP contribution in [0.15, 0.2) is 78.9 Å². The molecule has 0 aliphatic carbocycles. The molecule has 0 radical (unpaired) electrons. The number of primary amides is 1. The van der Waals surface area contributed by atoms with Crippen LogP contribution in [0.2, 0.25) is 0 Å². The molecule has 4 rings (SSSR count). The Hall–Kier alpha value is -3.84. The van der Waals surface area contributed by atoms with Crippen molar-refractivity contribution in [3.8, 4) is 0 Å². The van der Waals surface area contributed by atoms with Gasteiger partial charge in [-0.15, -0.1) is 0 Å². The van der Waals surface area contributed by atoms with Crippen LogP contribution in [0.5, 0.6) is 0 Å². The summed E-state index contributed by atoms with van der Waals surface area (Å²) < 4.78 is 0. The first-order chi connectivity index (χ1) is 20.4. The van der Waals surface area contributed by atoms with E-state index < -0.39 is 6.03 Å². The van der Waals surface area contributed by atoms with E-state index in [1.54, 1.807) is 11.0 Å². The summed E-state index contributed by atoms with van der Waals surface area (Å²) >= 11 is 0. The number of hydrogen-bond donors (Lipinski definition) is 2. The summed E-state index contributed by atoms with van der Waals surface area (Å²) in [5.74, 6) is -0.160. The average Bonchev–Trinajstić information content (AvgIpc) is 3.00. The molecule has 7 nitrogen and oxygen atoms in total. The highest BCUT2D eigenvalue weighted by Crippen LogP contribution is 2.34. The maximum absolute atomic E-state index is 13.8. The van der Waals surface area contributed by atoms with Gasteiger partial charge in [-0.3, -0.25) is 14.6 Å². The van der Waals surface area contributed by atoms with Crippen LogP contribution in [0.4, 0.5) is 16.2 Å². The van der Waals surface area contributed by atoms with Gasteiger partial charge in [0.1, 0.15) is 0 Å². The fourth-order valence-electron chi connectivity index (χ4n) is 6.01. The Morgan fingerprint density at radius 1 is 0.857 bits per heavy atom. The first-order valence-corrected chi connectivity index (χ1v) is 15.4. The molecule has 0 spiro atoms. The number of piperidine rings is 1. The van der Waals surface area contributed by atoms with Crippen LogP contribution in [-0.4, -0.2) is 56.6 Å². The minimum absolute atomic E-state index is 0.0490. The Bertz CT molecular complexity index is 1230. The highest BCUT2D eigenvalue weighted by Gasteiger charge is 2.30. The Kier molecular flexibility index (Phi) is 11.4. The fraction of sp³-hybridized carbons (Fsp3) is 0.429. The molecule has 0 saturated carbocycles. The number of rotatable bonds is 13. The normalized spacial score (nSPS) is 14.1. The van der Waals surface area contributed by atoms with E-state index in [4.69, 9.17) is 5.73 Å². The number of nitrogens with zero attached hydrogens (tertiary/aromatic N) is 3. The van der Waals surface area contributed by atoms with Crippen molar-refractivity contribution in [1.29, 1.82) is 0 Å². The number of para-hydroxylation sites is 1. The van der Waals surface area contributed by atoms with Gasteiger partial charge in [-0.1, -0.05) is 99.3 Å². The number of nitrogens with one attached hydrogen (secondary N) is 1. The number of amides is 3. The molecule has 3 amide bonds. The number of urea groups is 1. The maximum atomic E-state index is 13.8. The Morgan fingerprint density at radius 2 is 1.45 bits per heavy atom. The van der Waals surface area contributed by atoms with Crippen LogP contribution in [0.1, 0.15) is 79.4 Å². The molecule has 3 N–H and O–H groups in total. The summed E-state index contributed by atoms with van der Waals surface area (Å²) in [7, 11) is 3.85. The third kappa shape index (κ3) is 7.91. The third-order valence-electron chi connectivity index (χ3n) is 8.22. The lowest BCUT2D eigenvalue weighted by atomic mass is 9.94. The predicted molar refractivity (Wildman–Crippen MR) is 173 cm³/mol. The van der Waals surface area contributed by atoms with Crippen molar-refractivity contribution in [2.24, 2.45) is 5.73 Å². The first kappa shape index (κ1) is 31.1. The molecule has 0 atom stereocenters. The van der Waals surface area contributed by atoms with E-state index in [0.29, 0.717) is 17.8 Å². The highest BCUT2D eigenvalue weighted by atomic mass is 16.2. The monoisotopic (exact) mass is 569 g/mol. The van der Waals surface area contributed by atoms with E-state index in [-0.39, 0.29) is 18.0 Å². The fourth-order valence-corrected chi connectivity index (χ4v) is 6.01. The number of carbonyl (C=O) groups excluding carboxylic acids is 2. The highest BCUT2D eigenvalue weighted by molar-refractivity contribution is 6.07. The van der Waals surface area contributed by atoms with Gasteiger partial charge < -0.3 is 16.0 Å². The lowest BCUT2D eigenvalue weighted by Crippen LogP contribution is -2.46. The van der Waals surface area contributed by atoms with Gasteiger partial charge in [0.25, 0.3) is 5.91 Å². The van der Waals surface area contributed by atoms with Gasteiger partial charge in [-0.05, 0) is 42.5 Å². The third-order valence-corrected chi connectivity index (χ3v) is 8.22. The number of likely N-dealkylation sites (tertiary alicyclic amines) is 1. The molecule has 42 heavy (non-hydrogen) atoms. The first-order valence-electron chi connectivity index (χ1n) is 15.4. The van der Waals surface area contributed by atoms with Crippen LogP contribution in [0.25, 0.3) is 0 Å². The number of benzene rings is 3. The second kappa shape index (κ2) is 15.4. The molecule has 1 aliphatic heterocycles. The van der Waals surface area contributed by atoms with Crippen molar-refractivity contribution in [2.45, 2.75) is 64.0 Å². The summed E-state index contributed by atoms with van der Waals surface area (Å²) in [6.45, 7) is 4.41. The Labute approximate surface area is 251 Å². The second-order valence-electron chi connectivity index (χ2n) is 11.5.